The maximum absolute atomic E-state index is 13.5. The summed E-state index contributed by atoms with van der Waals surface area (Å²) in [6.45, 7) is 3.66. The van der Waals surface area contributed by atoms with Crippen LogP contribution in [0.3, 0.4) is 0 Å². The van der Waals surface area contributed by atoms with E-state index in [-0.39, 0.29) is 17.9 Å². The molecule has 3 aromatic rings. The van der Waals surface area contributed by atoms with Crippen molar-refractivity contribution in [1.29, 1.82) is 0 Å². The lowest BCUT2D eigenvalue weighted by atomic mass is 9.96. The van der Waals surface area contributed by atoms with E-state index < -0.39 is 12.0 Å². The lowest BCUT2D eigenvalue weighted by molar-refractivity contribution is -0.139. The molecule has 2 aromatic carbocycles. The Morgan fingerprint density at radius 1 is 1.27 bits per heavy atom. The molecule has 4 rings (SSSR count). The molecule has 0 saturated carbocycles. The molecule has 0 amide bonds. The van der Waals surface area contributed by atoms with E-state index in [1.54, 1.807) is 56.3 Å². The van der Waals surface area contributed by atoms with E-state index >= 15 is 0 Å². The third kappa shape index (κ3) is 4.31. The van der Waals surface area contributed by atoms with Crippen LogP contribution in [0.5, 0.6) is 11.5 Å². The summed E-state index contributed by atoms with van der Waals surface area (Å²) in [4.78, 5) is 31.4. The molecule has 0 spiro atoms. The highest BCUT2D eigenvalue weighted by Gasteiger charge is 2.33. The number of ether oxygens (including phenoxy) is 2. The van der Waals surface area contributed by atoms with Crippen LogP contribution >= 0.6 is 22.9 Å². The van der Waals surface area contributed by atoms with E-state index in [9.17, 15) is 14.7 Å². The van der Waals surface area contributed by atoms with Gasteiger partial charge >= 0.3 is 5.97 Å². The summed E-state index contributed by atoms with van der Waals surface area (Å²) < 4.78 is 12.3. The maximum Gasteiger partial charge on any atom is 0.338 e. The Morgan fingerprint density at radius 2 is 2.00 bits per heavy atom. The highest BCUT2D eigenvalue weighted by atomic mass is 35.5. The molecule has 1 aliphatic rings. The van der Waals surface area contributed by atoms with Crippen molar-refractivity contribution < 1.29 is 19.4 Å². The molecule has 1 atom stereocenters. The minimum atomic E-state index is -0.705. The molecule has 1 aliphatic heterocycles. The molecule has 0 saturated heterocycles. The predicted molar refractivity (Wildman–Crippen MR) is 127 cm³/mol. The first-order chi connectivity index (χ1) is 15.8. The largest absolute Gasteiger partial charge is 0.504 e. The van der Waals surface area contributed by atoms with E-state index in [0.29, 0.717) is 42.5 Å². The van der Waals surface area contributed by atoms with E-state index in [2.05, 4.69) is 4.99 Å². The van der Waals surface area contributed by atoms with Crippen LogP contribution in [-0.2, 0) is 9.53 Å². The number of aromatic nitrogens is 1. The number of phenols is 1. The Bertz CT molecular complexity index is 1440. The number of phenolic OH excluding ortho intramolecular Hbond substituents is 1. The zero-order valence-corrected chi connectivity index (χ0v) is 19.7. The fourth-order valence-electron chi connectivity index (χ4n) is 3.70. The number of esters is 1. The van der Waals surface area contributed by atoms with E-state index in [0.717, 1.165) is 0 Å². The van der Waals surface area contributed by atoms with Crippen LogP contribution in [0.1, 0.15) is 31.0 Å². The summed E-state index contributed by atoms with van der Waals surface area (Å²) in [5.74, 6) is -0.211. The van der Waals surface area contributed by atoms with Crippen molar-refractivity contribution >= 4 is 35.0 Å². The molecule has 0 unspecified atom stereocenters. The quantitative estimate of drug-likeness (QED) is 0.562. The van der Waals surface area contributed by atoms with Crippen LogP contribution in [0.4, 0.5) is 0 Å². The predicted octanol–water partition coefficient (Wildman–Crippen LogP) is 3.17. The third-order valence-electron chi connectivity index (χ3n) is 5.20. The second-order valence-corrected chi connectivity index (χ2v) is 8.73. The number of allylic oxidation sites excluding steroid dienone is 1. The van der Waals surface area contributed by atoms with Gasteiger partial charge in [-0.3, -0.25) is 9.36 Å². The first-order valence-corrected chi connectivity index (χ1v) is 11.4. The van der Waals surface area contributed by atoms with Crippen LogP contribution in [0.25, 0.3) is 6.08 Å². The number of methoxy groups -OCH3 is 1. The second kappa shape index (κ2) is 9.25. The molecular weight excluding hydrogens is 464 g/mol. The van der Waals surface area contributed by atoms with Gasteiger partial charge < -0.3 is 14.6 Å². The number of benzene rings is 2. The van der Waals surface area contributed by atoms with E-state index in [1.165, 1.54) is 29.1 Å². The summed E-state index contributed by atoms with van der Waals surface area (Å²) in [6, 6.07) is 11.2. The van der Waals surface area contributed by atoms with E-state index in [4.69, 9.17) is 21.1 Å². The van der Waals surface area contributed by atoms with Gasteiger partial charge in [0.25, 0.3) is 5.56 Å². The zero-order valence-electron chi connectivity index (χ0n) is 18.2. The minimum absolute atomic E-state index is 0.0292. The average Bonchev–Trinajstić information content (AvgIpc) is 3.08. The highest BCUT2D eigenvalue weighted by molar-refractivity contribution is 7.07. The maximum atomic E-state index is 13.5. The number of carbonyl (C=O) groups is 1. The van der Waals surface area contributed by atoms with Crippen molar-refractivity contribution in [2.75, 3.05) is 13.7 Å². The van der Waals surface area contributed by atoms with Gasteiger partial charge in [0.05, 0.1) is 35.6 Å². The van der Waals surface area contributed by atoms with Crippen LogP contribution in [0.2, 0.25) is 5.02 Å². The summed E-state index contributed by atoms with van der Waals surface area (Å²) in [5, 5.41) is 10.6. The SMILES string of the molecule is CCOC(=O)C1=C(C)N=c2s/c(=C/c3ccc(OC)c(O)c3)c(=O)n2[C@@H]1c1ccc(Cl)cc1. The van der Waals surface area contributed by atoms with Gasteiger partial charge in [-0.15, -0.1) is 0 Å². The Hall–Kier alpha value is -3.36. The first kappa shape index (κ1) is 22.8. The van der Waals surface area contributed by atoms with Crippen LogP contribution in [-0.4, -0.2) is 29.4 Å². The number of aromatic hydroxyl groups is 1. The van der Waals surface area contributed by atoms with Crippen LogP contribution in [0, 0.1) is 0 Å². The molecular formula is C24H21ClN2O5S. The molecule has 9 heteroatoms. The summed E-state index contributed by atoms with van der Waals surface area (Å²) in [7, 11) is 1.47. The molecule has 170 valence electrons. The van der Waals surface area contributed by atoms with Crippen molar-refractivity contribution in [1.82, 2.24) is 4.57 Å². The van der Waals surface area contributed by atoms with Gasteiger partial charge in [-0.2, -0.15) is 0 Å². The highest BCUT2D eigenvalue weighted by Crippen LogP contribution is 2.31. The minimum Gasteiger partial charge on any atom is -0.504 e. The molecule has 0 bridgehead atoms. The van der Waals surface area contributed by atoms with Gasteiger partial charge in [-0.1, -0.05) is 41.1 Å². The lowest BCUT2D eigenvalue weighted by Crippen LogP contribution is -2.39. The van der Waals surface area contributed by atoms with Crippen LogP contribution in [0.15, 0.2) is 63.5 Å². The topological polar surface area (TPSA) is 90.1 Å². The molecule has 1 aromatic heterocycles. The number of carbonyl (C=O) groups excluding carboxylic acids is 1. The monoisotopic (exact) mass is 484 g/mol. The average molecular weight is 485 g/mol. The summed E-state index contributed by atoms with van der Waals surface area (Å²) >= 11 is 7.27. The molecule has 1 N–H and O–H groups in total. The van der Waals surface area contributed by atoms with Gasteiger partial charge in [0.15, 0.2) is 16.3 Å². The Morgan fingerprint density at radius 3 is 2.64 bits per heavy atom. The number of thiazole rings is 1. The molecule has 33 heavy (non-hydrogen) atoms. The molecule has 0 fully saturated rings. The van der Waals surface area contributed by atoms with Crippen molar-refractivity contribution in [2.24, 2.45) is 4.99 Å². The molecule has 0 aliphatic carbocycles. The number of rotatable bonds is 5. The summed E-state index contributed by atoms with van der Waals surface area (Å²) in [6.07, 6.45) is 1.67. The number of fused-ring (bicyclic) bond motifs is 1. The van der Waals surface area contributed by atoms with Crippen molar-refractivity contribution in [2.45, 2.75) is 19.9 Å². The molecule has 0 radical (unpaired) electrons. The van der Waals surface area contributed by atoms with Gasteiger partial charge in [-0.05, 0) is 55.3 Å². The standard InChI is InChI=1S/C24H21ClN2O5S/c1-4-32-23(30)20-13(2)26-24-27(21(20)15-6-8-16(25)9-7-15)22(29)19(33-24)12-14-5-10-18(31-3)17(28)11-14/h5-12,21,28H,4H2,1-3H3/b19-12+/t21-/m1/s1. The smallest absolute Gasteiger partial charge is 0.338 e. The van der Waals surface area contributed by atoms with E-state index in [1.807, 2.05) is 0 Å². The van der Waals surface area contributed by atoms with Gasteiger partial charge in [-0.25, -0.2) is 9.79 Å². The zero-order chi connectivity index (χ0) is 23.7. The lowest BCUT2D eigenvalue weighted by Gasteiger charge is -2.24. The van der Waals surface area contributed by atoms with Crippen molar-refractivity contribution in [3.8, 4) is 11.5 Å². The Labute approximate surface area is 198 Å². The number of nitrogens with zero attached hydrogens (tertiary/aromatic N) is 2. The first-order valence-electron chi connectivity index (χ1n) is 10.2. The van der Waals surface area contributed by atoms with Gasteiger partial charge in [0, 0.05) is 5.02 Å². The fourth-order valence-corrected chi connectivity index (χ4v) is 4.87. The number of hydrogen-bond donors (Lipinski definition) is 1. The Kier molecular flexibility index (Phi) is 6.40. The summed E-state index contributed by atoms with van der Waals surface area (Å²) in [5.41, 5.74) is 1.83. The second-order valence-electron chi connectivity index (χ2n) is 7.29. The fraction of sp³-hybridized carbons (Fsp3) is 0.208. The third-order valence-corrected chi connectivity index (χ3v) is 6.44. The van der Waals surface area contributed by atoms with Gasteiger partial charge in [0.2, 0.25) is 0 Å². The Balaban J connectivity index is 1.93. The normalized spacial score (nSPS) is 15.8. The number of halogens is 1. The number of hydrogen-bond acceptors (Lipinski definition) is 7. The van der Waals surface area contributed by atoms with Crippen LogP contribution < -0.4 is 19.6 Å². The molecule has 2 heterocycles. The van der Waals surface area contributed by atoms with Crippen molar-refractivity contribution in [3.63, 3.8) is 0 Å². The van der Waals surface area contributed by atoms with Gasteiger partial charge in [0.1, 0.15) is 0 Å². The molecule has 7 nitrogen and oxygen atoms in total. The van der Waals surface area contributed by atoms with Crippen molar-refractivity contribution in [3.05, 3.63) is 89.6 Å².